The maximum Gasteiger partial charge on any atom is 0.243 e. The second-order valence-electron chi connectivity index (χ2n) is 4.21. The van der Waals surface area contributed by atoms with Crippen molar-refractivity contribution in [3.63, 3.8) is 0 Å². The van der Waals surface area contributed by atoms with Gasteiger partial charge in [-0.25, -0.2) is 5.48 Å². The second-order valence-corrected chi connectivity index (χ2v) is 4.21. The monoisotopic (exact) mass is 184 g/mol. The van der Waals surface area contributed by atoms with E-state index in [4.69, 9.17) is 5.21 Å². The first-order chi connectivity index (χ1) is 6.28. The largest absolute Gasteiger partial charge is 0.311 e. The van der Waals surface area contributed by atoms with Crippen LogP contribution in [-0.2, 0) is 4.79 Å². The average molecular weight is 184 g/mol. The summed E-state index contributed by atoms with van der Waals surface area (Å²) in [4.78, 5) is 10.9. The molecule has 13 heavy (non-hydrogen) atoms. The van der Waals surface area contributed by atoms with Crippen LogP contribution in [0.2, 0.25) is 0 Å². The lowest BCUT2D eigenvalue weighted by molar-refractivity contribution is -0.130. The Kier molecular flexibility index (Phi) is 2.51. The van der Waals surface area contributed by atoms with Gasteiger partial charge in [0, 0.05) is 18.5 Å². The minimum atomic E-state index is -0.244. The first-order valence-electron chi connectivity index (χ1n) is 4.97. The molecule has 4 nitrogen and oxygen atoms in total. The van der Waals surface area contributed by atoms with E-state index in [2.05, 4.69) is 5.32 Å². The highest BCUT2D eigenvalue weighted by Crippen LogP contribution is 2.32. The van der Waals surface area contributed by atoms with Crippen LogP contribution in [0.5, 0.6) is 0 Å². The van der Waals surface area contributed by atoms with Crippen LogP contribution < -0.4 is 10.8 Å². The van der Waals surface area contributed by atoms with E-state index in [1.807, 2.05) is 0 Å². The van der Waals surface area contributed by atoms with Crippen molar-refractivity contribution in [2.75, 3.05) is 0 Å². The Hall–Kier alpha value is -0.610. The highest BCUT2D eigenvalue weighted by atomic mass is 16.5. The molecule has 0 aromatic rings. The molecule has 0 saturated carbocycles. The van der Waals surface area contributed by atoms with Crippen molar-refractivity contribution in [1.82, 2.24) is 10.8 Å². The number of amides is 1. The fourth-order valence-corrected chi connectivity index (χ4v) is 2.65. The molecule has 4 heteroatoms. The molecule has 2 aliphatic rings. The third-order valence-corrected chi connectivity index (χ3v) is 3.17. The fourth-order valence-electron chi connectivity index (χ4n) is 2.65. The van der Waals surface area contributed by atoms with Crippen LogP contribution in [-0.4, -0.2) is 23.2 Å². The maximum absolute atomic E-state index is 10.9. The van der Waals surface area contributed by atoms with Gasteiger partial charge in [-0.1, -0.05) is 0 Å². The summed E-state index contributed by atoms with van der Waals surface area (Å²) in [6.45, 7) is 0. The second kappa shape index (κ2) is 3.64. The summed E-state index contributed by atoms with van der Waals surface area (Å²) in [6, 6.07) is 1.24. The summed E-state index contributed by atoms with van der Waals surface area (Å²) in [5.41, 5.74) is 1.70. The third kappa shape index (κ3) is 2.00. The molecule has 2 heterocycles. The molecule has 0 radical (unpaired) electrons. The summed E-state index contributed by atoms with van der Waals surface area (Å²) in [6.07, 6.45) is 5.16. The molecule has 2 bridgehead atoms. The molecule has 0 aromatic heterocycles. The molecule has 2 atom stereocenters. The van der Waals surface area contributed by atoms with Gasteiger partial charge in [0.2, 0.25) is 5.91 Å². The highest BCUT2D eigenvalue weighted by molar-refractivity contribution is 5.74. The number of piperidine rings is 1. The molecular weight excluding hydrogens is 168 g/mol. The summed E-state index contributed by atoms with van der Waals surface area (Å²) in [5, 5.41) is 11.9. The highest BCUT2D eigenvalue weighted by Gasteiger charge is 2.33. The van der Waals surface area contributed by atoms with Gasteiger partial charge in [0.1, 0.15) is 0 Å². The number of hydroxylamine groups is 1. The van der Waals surface area contributed by atoms with Crippen LogP contribution in [0.1, 0.15) is 32.1 Å². The van der Waals surface area contributed by atoms with Gasteiger partial charge in [0.15, 0.2) is 0 Å². The number of carbonyl (C=O) groups excluding carboxylic acids is 1. The van der Waals surface area contributed by atoms with Gasteiger partial charge in [-0.15, -0.1) is 0 Å². The van der Waals surface area contributed by atoms with Crippen molar-refractivity contribution in [1.29, 1.82) is 0 Å². The number of rotatable bonds is 2. The number of hydrogen-bond donors (Lipinski definition) is 3. The molecule has 2 aliphatic heterocycles. The van der Waals surface area contributed by atoms with Crippen LogP contribution in [0.3, 0.4) is 0 Å². The van der Waals surface area contributed by atoms with Gasteiger partial charge in [0.25, 0.3) is 0 Å². The van der Waals surface area contributed by atoms with E-state index >= 15 is 0 Å². The van der Waals surface area contributed by atoms with Crippen LogP contribution in [0, 0.1) is 5.92 Å². The van der Waals surface area contributed by atoms with E-state index in [9.17, 15) is 4.79 Å². The van der Waals surface area contributed by atoms with Gasteiger partial charge in [-0.3, -0.25) is 10.0 Å². The summed E-state index contributed by atoms with van der Waals surface area (Å²) < 4.78 is 0. The Morgan fingerprint density at radius 3 is 2.54 bits per heavy atom. The van der Waals surface area contributed by atoms with Crippen LogP contribution in [0.25, 0.3) is 0 Å². The molecule has 2 unspecified atom stereocenters. The van der Waals surface area contributed by atoms with Crippen LogP contribution in [0.15, 0.2) is 0 Å². The molecule has 2 fully saturated rings. The lowest BCUT2D eigenvalue weighted by Gasteiger charge is -2.28. The molecule has 2 rings (SSSR count). The van der Waals surface area contributed by atoms with Gasteiger partial charge >= 0.3 is 0 Å². The molecule has 74 valence electrons. The van der Waals surface area contributed by atoms with E-state index in [-0.39, 0.29) is 5.91 Å². The predicted octanol–water partition coefficient (Wildman–Crippen LogP) is 0.413. The third-order valence-electron chi connectivity index (χ3n) is 3.17. The Bertz CT molecular complexity index is 196. The summed E-state index contributed by atoms with van der Waals surface area (Å²) in [5.74, 6) is 0.220. The van der Waals surface area contributed by atoms with Gasteiger partial charge in [0.05, 0.1) is 0 Å². The van der Waals surface area contributed by atoms with Gasteiger partial charge in [-0.2, -0.15) is 0 Å². The zero-order chi connectivity index (χ0) is 9.26. The normalized spacial score (nSPS) is 37.5. The lowest BCUT2D eigenvalue weighted by atomic mass is 9.89. The summed E-state index contributed by atoms with van der Waals surface area (Å²) in [7, 11) is 0. The van der Waals surface area contributed by atoms with Crippen LogP contribution in [0.4, 0.5) is 0 Å². The molecule has 0 aromatic carbocycles. The van der Waals surface area contributed by atoms with E-state index in [1.165, 1.54) is 12.8 Å². The van der Waals surface area contributed by atoms with Crippen molar-refractivity contribution in [3.05, 3.63) is 0 Å². The Labute approximate surface area is 77.7 Å². The number of carbonyl (C=O) groups is 1. The number of nitrogens with one attached hydrogen (secondary N) is 2. The fraction of sp³-hybridized carbons (Fsp3) is 0.889. The first-order valence-corrected chi connectivity index (χ1v) is 4.97. The number of fused-ring (bicyclic) bond motifs is 2. The maximum atomic E-state index is 10.9. The van der Waals surface area contributed by atoms with Gasteiger partial charge < -0.3 is 5.32 Å². The average Bonchev–Trinajstić information content (AvgIpc) is 2.46. The minimum Gasteiger partial charge on any atom is -0.311 e. The first kappa shape index (κ1) is 8.97. The van der Waals surface area contributed by atoms with Crippen molar-refractivity contribution in [3.8, 4) is 0 Å². The van der Waals surface area contributed by atoms with E-state index in [0.717, 1.165) is 12.8 Å². The van der Waals surface area contributed by atoms with Crippen molar-refractivity contribution in [2.45, 2.75) is 44.2 Å². The van der Waals surface area contributed by atoms with E-state index in [0.29, 0.717) is 24.4 Å². The molecule has 0 spiro atoms. The zero-order valence-corrected chi connectivity index (χ0v) is 7.62. The SMILES string of the molecule is O=C(CC1CC2CCC(C1)N2)NO. The van der Waals surface area contributed by atoms with E-state index in [1.54, 1.807) is 5.48 Å². The number of hydrogen-bond acceptors (Lipinski definition) is 3. The molecule has 1 amide bonds. The lowest BCUT2D eigenvalue weighted by Crippen LogP contribution is -2.39. The van der Waals surface area contributed by atoms with Crippen molar-refractivity contribution >= 4 is 5.91 Å². The van der Waals surface area contributed by atoms with Crippen molar-refractivity contribution < 1.29 is 10.0 Å². The van der Waals surface area contributed by atoms with E-state index < -0.39 is 0 Å². The minimum absolute atomic E-state index is 0.244. The quantitative estimate of drug-likeness (QED) is 0.430. The smallest absolute Gasteiger partial charge is 0.243 e. The van der Waals surface area contributed by atoms with Crippen LogP contribution >= 0.6 is 0 Å². The molecule has 0 aliphatic carbocycles. The molecule has 2 saturated heterocycles. The zero-order valence-electron chi connectivity index (χ0n) is 7.62. The Morgan fingerprint density at radius 1 is 1.38 bits per heavy atom. The van der Waals surface area contributed by atoms with Gasteiger partial charge in [-0.05, 0) is 31.6 Å². The molecule has 3 N–H and O–H groups in total. The van der Waals surface area contributed by atoms with Crippen molar-refractivity contribution in [2.24, 2.45) is 5.92 Å². The Balaban J connectivity index is 1.85. The predicted molar refractivity (Wildman–Crippen MR) is 47.2 cm³/mol. The standard InChI is InChI=1S/C9H16N2O2/c12-9(11-13)5-6-3-7-1-2-8(4-6)10-7/h6-8,10,13H,1-5H2,(H,11,12). The topological polar surface area (TPSA) is 61.4 Å². The Morgan fingerprint density at radius 2 is 2.00 bits per heavy atom. The summed E-state index contributed by atoms with van der Waals surface area (Å²) >= 11 is 0. The molecular formula is C9H16N2O2.